The highest BCUT2D eigenvalue weighted by Gasteiger charge is 2.01. The molecule has 1 aromatic carbocycles. The summed E-state index contributed by atoms with van der Waals surface area (Å²) in [6, 6.07) is 4.08. The molecule has 0 aliphatic heterocycles. The normalized spacial score (nSPS) is 10.6. The first kappa shape index (κ1) is 6.61. The molecule has 0 aliphatic carbocycles. The molecule has 0 saturated heterocycles. The Labute approximate surface area is 68.8 Å². The maximum atomic E-state index is 5.83. The average molecular weight is 164 g/mol. The number of hydrogen-bond donors (Lipinski definition) is 1. The van der Waals surface area contributed by atoms with Crippen LogP contribution >= 0.6 is 11.5 Å². The van der Waals surface area contributed by atoms with Crippen LogP contribution in [0.4, 0.5) is 5.69 Å². The molecule has 0 fully saturated rings. The molecule has 0 saturated carbocycles. The zero-order valence-corrected chi connectivity index (χ0v) is 6.98. The van der Waals surface area contributed by atoms with Crippen molar-refractivity contribution in [2.45, 2.75) is 6.92 Å². The summed E-state index contributed by atoms with van der Waals surface area (Å²) in [6.45, 7) is 2.01. The number of rotatable bonds is 0. The van der Waals surface area contributed by atoms with E-state index < -0.39 is 0 Å². The number of benzene rings is 1. The van der Waals surface area contributed by atoms with Gasteiger partial charge in [0.15, 0.2) is 0 Å². The molecule has 3 heteroatoms. The summed E-state index contributed by atoms with van der Waals surface area (Å²) in [5.41, 5.74) is 7.81. The van der Waals surface area contributed by atoms with Crippen LogP contribution < -0.4 is 5.73 Å². The SMILES string of the molecule is Cc1ccc2sncc2c1N. The topological polar surface area (TPSA) is 38.9 Å². The zero-order chi connectivity index (χ0) is 7.84. The van der Waals surface area contributed by atoms with E-state index in [1.54, 1.807) is 0 Å². The molecule has 2 N–H and O–H groups in total. The number of nitrogens with zero attached hydrogens (tertiary/aromatic N) is 1. The summed E-state index contributed by atoms with van der Waals surface area (Å²) in [5.74, 6) is 0. The van der Waals surface area contributed by atoms with E-state index in [0.717, 1.165) is 21.3 Å². The van der Waals surface area contributed by atoms with Crippen LogP contribution in [0.25, 0.3) is 10.1 Å². The second-order valence-corrected chi connectivity index (χ2v) is 3.37. The predicted octanol–water partition coefficient (Wildman–Crippen LogP) is 2.19. The van der Waals surface area contributed by atoms with Gasteiger partial charge < -0.3 is 5.73 Å². The third-order valence-electron chi connectivity index (χ3n) is 1.80. The minimum Gasteiger partial charge on any atom is -0.398 e. The molecule has 2 aromatic rings. The molecule has 0 spiro atoms. The average Bonchev–Trinajstić information content (AvgIpc) is 2.45. The van der Waals surface area contributed by atoms with Crippen molar-refractivity contribution in [1.29, 1.82) is 0 Å². The van der Waals surface area contributed by atoms with Gasteiger partial charge in [-0.15, -0.1) is 0 Å². The van der Waals surface area contributed by atoms with E-state index in [2.05, 4.69) is 10.4 Å². The molecule has 0 unspecified atom stereocenters. The summed E-state index contributed by atoms with van der Waals surface area (Å²) >= 11 is 1.48. The maximum Gasteiger partial charge on any atom is 0.0570 e. The van der Waals surface area contributed by atoms with E-state index in [1.807, 2.05) is 19.2 Å². The summed E-state index contributed by atoms with van der Waals surface area (Å²) in [4.78, 5) is 0. The third-order valence-corrected chi connectivity index (χ3v) is 2.56. The fourth-order valence-corrected chi connectivity index (χ4v) is 1.74. The molecule has 0 amide bonds. The number of nitrogen functional groups attached to an aromatic ring is 1. The molecule has 0 radical (unpaired) electrons. The van der Waals surface area contributed by atoms with E-state index in [4.69, 9.17) is 5.73 Å². The second-order valence-electron chi connectivity index (χ2n) is 2.53. The first-order valence-electron chi connectivity index (χ1n) is 3.38. The smallest absolute Gasteiger partial charge is 0.0570 e. The van der Waals surface area contributed by atoms with Crippen molar-refractivity contribution in [2.75, 3.05) is 5.73 Å². The van der Waals surface area contributed by atoms with Crippen molar-refractivity contribution in [1.82, 2.24) is 4.37 Å². The number of anilines is 1. The van der Waals surface area contributed by atoms with Gasteiger partial charge in [-0.3, -0.25) is 0 Å². The Hall–Kier alpha value is -1.09. The van der Waals surface area contributed by atoms with Crippen LogP contribution in [0.15, 0.2) is 18.3 Å². The Bertz CT molecular complexity index is 392. The number of fused-ring (bicyclic) bond motifs is 1. The van der Waals surface area contributed by atoms with Crippen molar-refractivity contribution in [3.8, 4) is 0 Å². The van der Waals surface area contributed by atoms with E-state index in [9.17, 15) is 0 Å². The first-order chi connectivity index (χ1) is 5.29. The lowest BCUT2D eigenvalue weighted by Crippen LogP contribution is -1.88. The van der Waals surface area contributed by atoms with Crippen molar-refractivity contribution in [3.63, 3.8) is 0 Å². The molecule has 0 atom stereocenters. The molecule has 2 nitrogen and oxygen atoms in total. The molecule has 0 bridgehead atoms. The molecule has 0 aliphatic rings. The van der Waals surface area contributed by atoms with Gasteiger partial charge in [-0.25, -0.2) is 0 Å². The zero-order valence-electron chi connectivity index (χ0n) is 6.16. The van der Waals surface area contributed by atoms with Crippen molar-refractivity contribution >= 4 is 27.3 Å². The Balaban J connectivity index is 2.93. The van der Waals surface area contributed by atoms with Crippen LogP contribution in [0.3, 0.4) is 0 Å². The molecule has 1 aromatic heterocycles. The highest BCUT2D eigenvalue weighted by molar-refractivity contribution is 7.13. The van der Waals surface area contributed by atoms with Gasteiger partial charge in [-0.2, -0.15) is 4.37 Å². The standard InChI is InChI=1S/C8H8N2S/c1-5-2-3-7-6(8(5)9)4-10-11-7/h2-4H,9H2,1H3. The van der Waals surface area contributed by atoms with Crippen LogP contribution in [0.5, 0.6) is 0 Å². The summed E-state index contributed by atoms with van der Waals surface area (Å²) in [6.07, 6.45) is 1.82. The van der Waals surface area contributed by atoms with E-state index >= 15 is 0 Å². The van der Waals surface area contributed by atoms with E-state index in [1.165, 1.54) is 11.5 Å². The Kier molecular flexibility index (Phi) is 1.32. The van der Waals surface area contributed by atoms with Gasteiger partial charge in [0.05, 0.1) is 10.9 Å². The van der Waals surface area contributed by atoms with Crippen LogP contribution in [0.1, 0.15) is 5.56 Å². The van der Waals surface area contributed by atoms with Crippen LogP contribution in [0, 0.1) is 6.92 Å². The lowest BCUT2D eigenvalue weighted by molar-refractivity contribution is 1.50. The van der Waals surface area contributed by atoms with Gasteiger partial charge in [0, 0.05) is 11.1 Å². The number of nitrogens with two attached hydrogens (primary N) is 1. The molecule has 2 rings (SSSR count). The van der Waals surface area contributed by atoms with E-state index in [-0.39, 0.29) is 0 Å². The van der Waals surface area contributed by atoms with Crippen LogP contribution in [-0.2, 0) is 0 Å². The maximum absolute atomic E-state index is 5.83. The molecule has 1 heterocycles. The van der Waals surface area contributed by atoms with Crippen LogP contribution in [-0.4, -0.2) is 4.37 Å². The van der Waals surface area contributed by atoms with Gasteiger partial charge in [0.2, 0.25) is 0 Å². The second kappa shape index (κ2) is 2.20. The van der Waals surface area contributed by atoms with Crippen molar-refractivity contribution in [2.24, 2.45) is 0 Å². The highest BCUT2D eigenvalue weighted by Crippen LogP contribution is 2.26. The molecular formula is C8H8N2S. The summed E-state index contributed by atoms with van der Waals surface area (Å²) in [5, 5.41) is 1.08. The Morgan fingerprint density at radius 3 is 3.09 bits per heavy atom. The minimum atomic E-state index is 0.858. The van der Waals surface area contributed by atoms with Crippen molar-refractivity contribution < 1.29 is 0 Å². The van der Waals surface area contributed by atoms with Crippen molar-refractivity contribution in [3.05, 3.63) is 23.9 Å². The Morgan fingerprint density at radius 1 is 1.45 bits per heavy atom. The van der Waals surface area contributed by atoms with E-state index in [0.29, 0.717) is 0 Å². The number of aromatic nitrogens is 1. The lowest BCUT2D eigenvalue weighted by atomic mass is 10.1. The molecule has 11 heavy (non-hydrogen) atoms. The Morgan fingerprint density at radius 2 is 2.27 bits per heavy atom. The number of aryl methyl sites for hydroxylation is 1. The predicted molar refractivity (Wildman–Crippen MR) is 48.8 cm³/mol. The highest BCUT2D eigenvalue weighted by atomic mass is 32.1. The lowest BCUT2D eigenvalue weighted by Gasteiger charge is -1.98. The monoisotopic (exact) mass is 164 g/mol. The fourth-order valence-electron chi connectivity index (χ4n) is 1.07. The minimum absolute atomic E-state index is 0.858. The largest absolute Gasteiger partial charge is 0.398 e. The summed E-state index contributed by atoms with van der Waals surface area (Å²) < 4.78 is 5.23. The van der Waals surface area contributed by atoms with Gasteiger partial charge >= 0.3 is 0 Å². The van der Waals surface area contributed by atoms with Gasteiger partial charge in [0.1, 0.15) is 0 Å². The number of hydrogen-bond acceptors (Lipinski definition) is 3. The fraction of sp³-hybridized carbons (Fsp3) is 0.125. The van der Waals surface area contributed by atoms with Gasteiger partial charge in [-0.05, 0) is 30.1 Å². The first-order valence-corrected chi connectivity index (χ1v) is 4.16. The van der Waals surface area contributed by atoms with Crippen LogP contribution in [0.2, 0.25) is 0 Å². The molecule has 56 valence electrons. The van der Waals surface area contributed by atoms with Gasteiger partial charge in [0.25, 0.3) is 0 Å². The summed E-state index contributed by atoms with van der Waals surface area (Å²) in [7, 11) is 0. The van der Waals surface area contributed by atoms with Gasteiger partial charge in [-0.1, -0.05) is 6.07 Å². The quantitative estimate of drug-likeness (QED) is 0.606. The molecular weight excluding hydrogens is 156 g/mol. The third kappa shape index (κ3) is 0.886.